The number of nitrogens with one attached hydrogen (secondary N) is 1. The van der Waals surface area contributed by atoms with E-state index >= 15 is 0 Å². The number of benzene rings is 3. The summed E-state index contributed by atoms with van der Waals surface area (Å²) < 4.78 is 7.45. The van der Waals surface area contributed by atoms with Crippen molar-refractivity contribution in [2.45, 2.75) is 19.0 Å². The normalized spacial score (nSPS) is 12.2. The van der Waals surface area contributed by atoms with E-state index in [1.165, 1.54) is 12.1 Å². The maximum Gasteiger partial charge on any atom is 0.407 e. The van der Waals surface area contributed by atoms with Crippen molar-refractivity contribution in [3.63, 3.8) is 0 Å². The molecule has 1 aliphatic carbocycles. The number of aromatic nitrogens is 2. The van der Waals surface area contributed by atoms with Crippen LogP contribution in [0.5, 0.6) is 0 Å². The van der Waals surface area contributed by atoms with E-state index in [9.17, 15) is 24.3 Å². The molecule has 0 spiro atoms. The molecule has 9 heteroatoms. The summed E-state index contributed by atoms with van der Waals surface area (Å²) in [6.45, 7) is -0.621. The molecule has 0 saturated carbocycles. The minimum Gasteiger partial charge on any atom is -0.480 e. The van der Waals surface area contributed by atoms with Crippen LogP contribution in [0.1, 0.15) is 17.0 Å². The Morgan fingerprint density at radius 1 is 0.861 bits per heavy atom. The highest BCUT2D eigenvalue weighted by atomic mass is 16.5. The van der Waals surface area contributed by atoms with Crippen molar-refractivity contribution >= 4 is 23.0 Å². The number of alkyl carbamates (subject to hydrolysis) is 1. The van der Waals surface area contributed by atoms with E-state index in [1.54, 1.807) is 12.1 Å². The smallest absolute Gasteiger partial charge is 0.407 e. The number of hydrogen-bond acceptors (Lipinski definition) is 5. The van der Waals surface area contributed by atoms with Crippen molar-refractivity contribution < 1.29 is 19.4 Å². The van der Waals surface area contributed by atoms with Gasteiger partial charge in [-0.3, -0.25) is 18.7 Å². The number of carboxylic acid groups (broad SMARTS) is 1. The van der Waals surface area contributed by atoms with Crippen molar-refractivity contribution in [1.82, 2.24) is 14.5 Å². The maximum absolute atomic E-state index is 12.9. The average molecular weight is 485 g/mol. The van der Waals surface area contributed by atoms with Crippen LogP contribution in [-0.2, 0) is 22.6 Å². The maximum atomic E-state index is 12.9. The van der Waals surface area contributed by atoms with E-state index in [-0.39, 0.29) is 36.5 Å². The van der Waals surface area contributed by atoms with Crippen molar-refractivity contribution in [2.24, 2.45) is 0 Å². The first kappa shape index (κ1) is 23.1. The highest BCUT2D eigenvalue weighted by molar-refractivity contribution is 5.80. The SMILES string of the molecule is O=C(O)Cn1c(=O)n(CCNC(=O)OCC2c3ccccc3-c3ccccc32)c(=O)c2ccccc21. The number of hydrogen-bond donors (Lipinski definition) is 2. The van der Waals surface area contributed by atoms with Crippen LogP contribution in [0, 0.1) is 0 Å². The van der Waals surface area contributed by atoms with Crippen LogP contribution in [0.15, 0.2) is 82.4 Å². The van der Waals surface area contributed by atoms with Gasteiger partial charge in [-0.1, -0.05) is 60.7 Å². The third kappa shape index (κ3) is 4.15. The van der Waals surface area contributed by atoms with Crippen LogP contribution < -0.4 is 16.6 Å². The number of carbonyl (C=O) groups is 2. The standard InChI is InChI=1S/C27H23N3O6/c31-24(32)15-30-23-12-6-5-11-21(23)25(33)29(27(30)35)14-13-28-26(34)36-16-22-19-9-3-1-7-17(19)18-8-2-4-10-20(18)22/h1-12,22H,13-16H2,(H,28,34)(H,31,32). The zero-order valence-corrected chi connectivity index (χ0v) is 19.2. The van der Waals surface area contributed by atoms with Crippen LogP contribution in [-0.4, -0.2) is 39.5 Å². The van der Waals surface area contributed by atoms with Crippen LogP contribution in [0.4, 0.5) is 4.79 Å². The van der Waals surface area contributed by atoms with E-state index in [4.69, 9.17) is 4.74 Å². The second-order valence-electron chi connectivity index (χ2n) is 8.49. The van der Waals surface area contributed by atoms with Crippen molar-refractivity contribution in [1.29, 1.82) is 0 Å². The first-order chi connectivity index (χ1) is 17.5. The number of amides is 1. The van der Waals surface area contributed by atoms with E-state index in [0.29, 0.717) is 0 Å². The molecule has 0 bridgehead atoms. The summed E-state index contributed by atoms with van der Waals surface area (Å²) in [6.07, 6.45) is -0.670. The van der Waals surface area contributed by atoms with Gasteiger partial charge in [-0.25, -0.2) is 9.59 Å². The lowest BCUT2D eigenvalue weighted by Crippen LogP contribution is -2.43. The fraction of sp³-hybridized carbons (Fsp3) is 0.185. The molecular formula is C27H23N3O6. The summed E-state index contributed by atoms with van der Waals surface area (Å²) in [7, 11) is 0. The minimum absolute atomic E-state index is 0.0444. The van der Waals surface area contributed by atoms with Crippen molar-refractivity contribution in [3.8, 4) is 11.1 Å². The molecule has 1 amide bonds. The van der Waals surface area contributed by atoms with Gasteiger partial charge in [-0.2, -0.15) is 0 Å². The molecule has 5 rings (SSSR count). The van der Waals surface area contributed by atoms with Gasteiger partial charge in [0.05, 0.1) is 10.9 Å². The molecule has 0 atom stereocenters. The summed E-state index contributed by atoms with van der Waals surface area (Å²) in [6, 6.07) is 22.3. The molecule has 0 saturated heterocycles. The Hall–Kier alpha value is -4.66. The van der Waals surface area contributed by atoms with Crippen LogP contribution in [0.25, 0.3) is 22.0 Å². The van der Waals surface area contributed by atoms with Crippen molar-refractivity contribution in [2.75, 3.05) is 13.2 Å². The summed E-state index contributed by atoms with van der Waals surface area (Å²) in [4.78, 5) is 49.4. The molecule has 1 heterocycles. The first-order valence-electron chi connectivity index (χ1n) is 11.5. The Morgan fingerprint density at radius 2 is 1.47 bits per heavy atom. The molecule has 36 heavy (non-hydrogen) atoms. The van der Waals surface area contributed by atoms with E-state index < -0.39 is 29.9 Å². The Labute approximate surface area is 205 Å². The van der Waals surface area contributed by atoms with Crippen LogP contribution >= 0.6 is 0 Å². The molecule has 0 aliphatic heterocycles. The lowest BCUT2D eigenvalue weighted by Gasteiger charge is -2.15. The molecule has 3 aromatic carbocycles. The Bertz CT molecular complexity index is 1560. The van der Waals surface area contributed by atoms with E-state index in [0.717, 1.165) is 31.4 Å². The van der Waals surface area contributed by atoms with Gasteiger partial charge >= 0.3 is 17.8 Å². The van der Waals surface area contributed by atoms with E-state index in [1.807, 2.05) is 48.5 Å². The number of carbonyl (C=O) groups excluding carboxylic acids is 1. The molecule has 0 radical (unpaired) electrons. The highest BCUT2D eigenvalue weighted by Gasteiger charge is 2.29. The molecule has 0 fully saturated rings. The topological polar surface area (TPSA) is 120 Å². The van der Waals surface area contributed by atoms with E-state index in [2.05, 4.69) is 5.32 Å². The lowest BCUT2D eigenvalue weighted by atomic mass is 9.98. The van der Waals surface area contributed by atoms with Gasteiger partial charge in [0.1, 0.15) is 13.2 Å². The fourth-order valence-electron chi connectivity index (χ4n) is 4.78. The second-order valence-corrected chi connectivity index (χ2v) is 8.49. The predicted octanol–water partition coefficient (Wildman–Crippen LogP) is 2.79. The number of carboxylic acids is 1. The van der Waals surface area contributed by atoms with Crippen LogP contribution in [0.3, 0.4) is 0 Å². The van der Waals surface area contributed by atoms with Gasteiger partial charge in [0.2, 0.25) is 0 Å². The largest absolute Gasteiger partial charge is 0.480 e. The quantitative estimate of drug-likeness (QED) is 0.415. The Kier molecular flexibility index (Phi) is 6.12. The number of aliphatic carboxylic acids is 1. The molecule has 1 aliphatic rings. The van der Waals surface area contributed by atoms with Gasteiger partial charge in [0.25, 0.3) is 5.56 Å². The minimum atomic E-state index is -1.20. The molecule has 182 valence electrons. The lowest BCUT2D eigenvalue weighted by molar-refractivity contribution is -0.137. The number of ether oxygens (including phenoxy) is 1. The molecule has 0 unspecified atom stereocenters. The third-order valence-electron chi connectivity index (χ3n) is 6.37. The second kappa shape index (κ2) is 9.53. The first-order valence-corrected chi connectivity index (χ1v) is 11.5. The Balaban J connectivity index is 1.27. The molecular weight excluding hydrogens is 462 g/mol. The molecule has 4 aromatic rings. The number of nitrogens with zero attached hydrogens (tertiary/aromatic N) is 2. The van der Waals surface area contributed by atoms with Crippen LogP contribution in [0.2, 0.25) is 0 Å². The number of para-hydroxylation sites is 1. The van der Waals surface area contributed by atoms with Gasteiger partial charge < -0.3 is 15.2 Å². The van der Waals surface area contributed by atoms with Crippen molar-refractivity contribution in [3.05, 3.63) is 105 Å². The highest BCUT2D eigenvalue weighted by Crippen LogP contribution is 2.44. The zero-order valence-electron chi connectivity index (χ0n) is 19.2. The summed E-state index contributed by atoms with van der Waals surface area (Å²) in [5, 5.41) is 12.0. The third-order valence-corrected chi connectivity index (χ3v) is 6.37. The van der Waals surface area contributed by atoms with Gasteiger partial charge in [-0.15, -0.1) is 0 Å². The number of fused-ring (bicyclic) bond motifs is 4. The molecule has 1 aromatic heterocycles. The molecule has 2 N–H and O–H groups in total. The van der Waals surface area contributed by atoms with Gasteiger partial charge in [-0.05, 0) is 34.4 Å². The summed E-state index contributed by atoms with van der Waals surface area (Å²) in [5.74, 6) is -1.29. The zero-order chi connectivity index (χ0) is 25.2. The summed E-state index contributed by atoms with van der Waals surface area (Å²) >= 11 is 0. The monoisotopic (exact) mass is 485 g/mol. The summed E-state index contributed by atoms with van der Waals surface area (Å²) in [5.41, 5.74) is 3.37. The predicted molar refractivity (Wildman–Crippen MR) is 133 cm³/mol. The van der Waals surface area contributed by atoms with Gasteiger partial charge in [0, 0.05) is 19.0 Å². The average Bonchev–Trinajstić information content (AvgIpc) is 3.21. The number of rotatable bonds is 7. The molecule has 9 nitrogen and oxygen atoms in total. The Morgan fingerprint density at radius 3 is 2.14 bits per heavy atom. The van der Waals surface area contributed by atoms with Gasteiger partial charge in [0.15, 0.2) is 0 Å². The fourth-order valence-corrected chi connectivity index (χ4v) is 4.78.